The van der Waals surface area contributed by atoms with E-state index in [4.69, 9.17) is 5.14 Å². The number of aromatic nitrogens is 1. The Balaban J connectivity index is 2.04. The van der Waals surface area contributed by atoms with Gasteiger partial charge in [-0.25, -0.2) is 13.6 Å². The monoisotopic (exact) mass is 251 g/mol. The summed E-state index contributed by atoms with van der Waals surface area (Å²) in [7, 11) is -3.61. The minimum Gasteiger partial charge on any atom is -0.381 e. The summed E-state index contributed by atoms with van der Waals surface area (Å²) in [5, 5.41) is 8.18. The standard InChI is InChI=1S/C11H13N3O2S/c12-17(15,16)11-3-1-10(2-4-11)14-8-9-5-6-13-7-9/h1-7,13-14H,8H2,(H2,12,15,16). The van der Waals surface area contributed by atoms with Crippen molar-refractivity contribution in [2.75, 3.05) is 5.32 Å². The van der Waals surface area contributed by atoms with Gasteiger partial charge in [0.25, 0.3) is 0 Å². The van der Waals surface area contributed by atoms with E-state index in [0.29, 0.717) is 6.54 Å². The Morgan fingerprint density at radius 3 is 2.41 bits per heavy atom. The molecule has 0 amide bonds. The highest BCUT2D eigenvalue weighted by Gasteiger charge is 2.06. The van der Waals surface area contributed by atoms with Crippen LogP contribution in [0.1, 0.15) is 5.56 Å². The minimum absolute atomic E-state index is 0.115. The summed E-state index contributed by atoms with van der Waals surface area (Å²) >= 11 is 0. The highest BCUT2D eigenvalue weighted by Crippen LogP contribution is 2.13. The van der Waals surface area contributed by atoms with Crippen LogP contribution in [0.4, 0.5) is 5.69 Å². The smallest absolute Gasteiger partial charge is 0.238 e. The van der Waals surface area contributed by atoms with Gasteiger partial charge in [-0.1, -0.05) is 0 Å². The first-order valence-electron chi connectivity index (χ1n) is 5.04. The fraction of sp³-hybridized carbons (Fsp3) is 0.0909. The molecule has 0 saturated heterocycles. The summed E-state index contributed by atoms with van der Waals surface area (Å²) in [5.74, 6) is 0. The quantitative estimate of drug-likeness (QED) is 0.764. The number of anilines is 1. The molecule has 0 saturated carbocycles. The maximum atomic E-state index is 11.0. The van der Waals surface area contributed by atoms with Crippen molar-refractivity contribution < 1.29 is 8.42 Å². The lowest BCUT2D eigenvalue weighted by Gasteiger charge is -2.05. The van der Waals surface area contributed by atoms with Gasteiger partial charge in [-0.3, -0.25) is 0 Å². The van der Waals surface area contributed by atoms with Gasteiger partial charge in [0, 0.05) is 24.6 Å². The summed E-state index contributed by atoms with van der Waals surface area (Å²) in [6.45, 7) is 0.679. The number of hydrogen-bond acceptors (Lipinski definition) is 3. The first-order chi connectivity index (χ1) is 8.05. The third kappa shape index (κ3) is 3.08. The summed E-state index contributed by atoms with van der Waals surface area (Å²) in [6, 6.07) is 8.30. The van der Waals surface area contributed by atoms with Crippen LogP contribution in [0.2, 0.25) is 0 Å². The van der Waals surface area contributed by atoms with Gasteiger partial charge in [0.2, 0.25) is 10.0 Å². The lowest BCUT2D eigenvalue weighted by atomic mass is 10.3. The molecule has 0 atom stereocenters. The van der Waals surface area contributed by atoms with Gasteiger partial charge in [-0.15, -0.1) is 0 Å². The number of sulfonamides is 1. The van der Waals surface area contributed by atoms with Crippen LogP contribution >= 0.6 is 0 Å². The van der Waals surface area contributed by atoms with Crippen LogP contribution in [0, 0.1) is 0 Å². The highest BCUT2D eigenvalue weighted by molar-refractivity contribution is 7.89. The van der Waals surface area contributed by atoms with Crippen LogP contribution in [-0.4, -0.2) is 13.4 Å². The van der Waals surface area contributed by atoms with E-state index < -0.39 is 10.0 Å². The Hall–Kier alpha value is -1.79. The van der Waals surface area contributed by atoms with Gasteiger partial charge in [-0.2, -0.15) is 0 Å². The number of nitrogens with one attached hydrogen (secondary N) is 2. The van der Waals surface area contributed by atoms with E-state index >= 15 is 0 Å². The van der Waals surface area contributed by atoms with E-state index in [9.17, 15) is 8.42 Å². The molecule has 4 N–H and O–H groups in total. The summed E-state index contributed by atoms with van der Waals surface area (Å²) in [6.07, 6.45) is 3.74. The van der Waals surface area contributed by atoms with Crippen molar-refractivity contribution in [3.63, 3.8) is 0 Å². The van der Waals surface area contributed by atoms with E-state index in [1.165, 1.54) is 12.1 Å². The number of rotatable bonds is 4. The van der Waals surface area contributed by atoms with E-state index in [-0.39, 0.29) is 4.90 Å². The van der Waals surface area contributed by atoms with Gasteiger partial charge in [0.05, 0.1) is 4.90 Å². The molecule has 0 radical (unpaired) electrons. The predicted octanol–water partition coefficient (Wildman–Crippen LogP) is 1.27. The van der Waals surface area contributed by atoms with Gasteiger partial charge < -0.3 is 10.3 Å². The van der Waals surface area contributed by atoms with Gasteiger partial charge >= 0.3 is 0 Å². The molecule has 0 aliphatic heterocycles. The molecule has 90 valence electrons. The Morgan fingerprint density at radius 2 is 1.88 bits per heavy atom. The maximum Gasteiger partial charge on any atom is 0.238 e. The number of benzene rings is 1. The normalized spacial score (nSPS) is 11.4. The molecular formula is C11H13N3O2S. The average Bonchev–Trinajstić information content (AvgIpc) is 2.78. The lowest BCUT2D eigenvalue weighted by Crippen LogP contribution is -2.11. The Morgan fingerprint density at radius 1 is 1.18 bits per heavy atom. The van der Waals surface area contributed by atoms with Gasteiger partial charge in [0.1, 0.15) is 0 Å². The van der Waals surface area contributed by atoms with E-state index in [2.05, 4.69) is 10.3 Å². The third-order valence-corrected chi connectivity index (χ3v) is 3.27. The van der Waals surface area contributed by atoms with Crippen LogP contribution in [0.25, 0.3) is 0 Å². The largest absolute Gasteiger partial charge is 0.381 e. The second kappa shape index (κ2) is 4.60. The second-order valence-electron chi connectivity index (χ2n) is 3.64. The summed E-state index contributed by atoms with van der Waals surface area (Å²) in [4.78, 5) is 3.07. The third-order valence-electron chi connectivity index (χ3n) is 2.34. The molecule has 0 bridgehead atoms. The Bertz CT molecular complexity index is 574. The molecule has 17 heavy (non-hydrogen) atoms. The molecule has 0 spiro atoms. The van der Waals surface area contributed by atoms with Crippen LogP contribution in [0.15, 0.2) is 47.6 Å². The van der Waals surface area contributed by atoms with Crippen molar-refractivity contribution in [3.05, 3.63) is 48.3 Å². The van der Waals surface area contributed by atoms with E-state index in [0.717, 1.165) is 11.3 Å². The molecule has 0 unspecified atom stereocenters. The van der Waals surface area contributed by atoms with E-state index in [1.807, 2.05) is 18.5 Å². The molecule has 1 aromatic carbocycles. The Labute approximate surface area is 99.7 Å². The van der Waals surface area contributed by atoms with Gasteiger partial charge in [0.15, 0.2) is 0 Å². The number of aromatic amines is 1. The minimum atomic E-state index is -3.61. The van der Waals surface area contributed by atoms with Crippen LogP contribution in [0.3, 0.4) is 0 Å². The molecule has 5 nitrogen and oxygen atoms in total. The maximum absolute atomic E-state index is 11.0. The number of H-pyrrole nitrogens is 1. The summed E-state index contributed by atoms with van der Waals surface area (Å²) in [5.41, 5.74) is 1.97. The molecule has 0 fully saturated rings. The highest BCUT2D eigenvalue weighted by atomic mass is 32.2. The zero-order valence-corrected chi connectivity index (χ0v) is 9.87. The fourth-order valence-corrected chi connectivity index (χ4v) is 1.95. The lowest BCUT2D eigenvalue weighted by molar-refractivity contribution is 0.598. The molecule has 2 aromatic rings. The molecule has 1 aromatic heterocycles. The van der Waals surface area contributed by atoms with Crippen LogP contribution in [0.5, 0.6) is 0 Å². The SMILES string of the molecule is NS(=O)(=O)c1ccc(NCc2cc[nH]c2)cc1. The number of hydrogen-bond donors (Lipinski definition) is 3. The molecule has 2 rings (SSSR count). The topological polar surface area (TPSA) is 88.0 Å². The van der Waals surface area contributed by atoms with Crippen LogP contribution < -0.4 is 10.5 Å². The number of nitrogens with two attached hydrogens (primary N) is 1. The van der Waals surface area contributed by atoms with Crippen molar-refractivity contribution in [3.8, 4) is 0 Å². The van der Waals surface area contributed by atoms with Crippen molar-refractivity contribution in [1.82, 2.24) is 4.98 Å². The average molecular weight is 251 g/mol. The van der Waals surface area contributed by atoms with Crippen molar-refractivity contribution in [1.29, 1.82) is 0 Å². The zero-order valence-electron chi connectivity index (χ0n) is 9.05. The van der Waals surface area contributed by atoms with Crippen molar-refractivity contribution in [2.45, 2.75) is 11.4 Å². The molecule has 0 aliphatic carbocycles. The first kappa shape index (κ1) is 11.7. The predicted molar refractivity (Wildman–Crippen MR) is 65.9 cm³/mol. The van der Waals surface area contributed by atoms with Crippen molar-refractivity contribution >= 4 is 15.7 Å². The number of primary sulfonamides is 1. The van der Waals surface area contributed by atoms with Gasteiger partial charge in [-0.05, 0) is 35.9 Å². The Kier molecular flexibility index (Phi) is 3.16. The zero-order chi connectivity index (χ0) is 12.3. The second-order valence-corrected chi connectivity index (χ2v) is 5.20. The molecule has 0 aliphatic rings. The van der Waals surface area contributed by atoms with E-state index in [1.54, 1.807) is 12.1 Å². The molecule has 6 heteroatoms. The van der Waals surface area contributed by atoms with Crippen molar-refractivity contribution in [2.24, 2.45) is 5.14 Å². The molecule has 1 heterocycles. The first-order valence-corrected chi connectivity index (χ1v) is 6.59. The molecular weight excluding hydrogens is 238 g/mol. The summed E-state index contributed by atoms with van der Waals surface area (Å²) < 4.78 is 22.1. The fourth-order valence-electron chi connectivity index (χ4n) is 1.43. The van der Waals surface area contributed by atoms with Crippen LogP contribution in [-0.2, 0) is 16.6 Å².